The van der Waals surface area contributed by atoms with E-state index in [1.165, 1.54) is 0 Å². The molecule has 18 heavy (non-hydrogen) atoms. The van der Waals surface area contributed by atoms with Crippen LogP contribution in [0.15, 0.2) is 42.5 Å². The van der Waals surface area contributed by atoms with Crippen LogP contribution in [0.1, 0.15) is 25.8 Å². The Morgan fingerprint density at radius 1 is 1.39 bits per heavy atom. The van der Waals surface area contributed by atoms with E-state index in [-0.39, 0.29) is 0 Å². The molecule has 0 aliphatic rings. The molecule has 0 aliphatic carbocycles. The third kappa shape index (κ3) is 5.00. The van der Waals surface area contributed by atoms with Crippen molar-refractivity contribution in [1.29, 1.82) is 0 Å². The van der Waals surface area contributed by atoms with Crippen molar-refractivity contribution in [3.05, 3.63) is 48.0 Å². The van der Waals surface area contributed by atoms with Gasteiger partial charge in [0.1, 0.15) is 0 Å². The summed E-state index contributed by atoms with van der Waals surface area (Å²) in [6.07, 6.45) is 3.79. The van der Waals surface area contributed by atoms with Crippen molar-refractivity contribution in [2.24, 2.45) is 5.73 Å². The fourth-order valence-corrected chi connectivity index (χ4v) is 1.67. The molecule has 1 aromatic rings. The molecule has 3 nitrogen and oxygen atoms in total. The average Bonchev–Trinajstić information content (AvgIpc) is 2.38. The Kier molecular flexibility index (Phi) is 6.05. The van der Waals surface area contributed by atoms with Crippen LogP contribution in [0.3, 0.4) is 0 Å². The van der Waals surface area contributed by atoms with E-state index in [1.54, 1.807) is 0 Å². The molecule has 0 fully saturated rings. The lowest BCUT2D eigenvalue weighted by molar-refractivity contribution is 0.113. The van der Waals surface area contributed by atoms with Crippen molar-refractivity contribution < 1.29 is 9.84 Å². The fraction of sp³-hybridized carbons (Fsp3) is 0.467. The van der Waals surface area contributed by atoms with E-state index in [0.717, 1.165) is 5.56 Å². The molecule has 0 saturated carbocycles. The summed E-state index contributed by atoms with van der Waals surface area (Å²) in [6.45, 7) is 4.81. The van der Waals surface area contributed by atoms with Crippen LogP contribution in [-0.2, 0) is 11.3 Å². The van der Waals surface area contributed by atoms with Gasteiger partial charge in [-0.25, -0.2) is 0 Å². The van der Waals surface area contributed by atoms with Gasteiger partial charge in [0.2, 0.25) is 0 Å². The number of aliphatic hydroxyl groups excluding tert-OH is 1. The molecule has 0 bridgehead atoms. The van der Waals surface area contributed by atoms with Gasteiger partial charge in [-0.15, -0.1) is 0 Å². The van der Waals surface area contributed by atoms with Gasteiger partial charge >= 0.3 is 0 Å². The molecule has 0 radical (unpaired) electrons. The number of ether oxygens (including phenoxy) is 1. The number of hydrogen-bond donors (Lipinski definition) is 2. The molecule has 3 N–H and O–H groups in total. The van der Waals surface area contributed by atoms with Gasteiger partial charge in [0, 0.05) is 0 Å². The Morgan fingerprint density at radius 3 is 2.67 bits per heavy atom. The van der Waals surface area contributed by atoms with Gasteiger partial charge in [0.15, 0.2) is 0 Å². The monoisotopic (exact) mass is 249 g/mol. The lowest BCUT2D eigenvalue weighted by Crippen LogP contribution is -2.45. The van der Waals surface area contributed by atoms with Crippen LogP contribution in [0.2, 0.25) is 0 Å². The zero-order valence-corrected chi connectivity index (χ0v) is 11.2. The van der Waals surface area contributed by atoms with E-state index in [2.05, 4.69) is 0 Å². The number of nitrogens with two attached hydrogens (primary N) is 1. The van der Waals surface area contributed by atoms with Gasteiger partial charge < -0.3 is 15.6 Å². The lowest BCUT2D eigenvalue weighted by Gasteiger charge is -2.26. The molecule has 0 heterocycles. The van der Waals surface area contributed by atoms with E-state index >= 15 is 0 Å². The van der Waals surface area contributed by atoms with Gasteiger partial charge in [0.05, 0.1) is 24.9 Å². The maximum Gasteiger partial charge on any atom is 0.0750 e. The maximum atomic E-state index is 9.70. The summed E-state index contributed by atoms with van der Waals surface area (Å²) in [7, 11) is 0. The minimum Gasteiger partial charge on any atom is -0.391 e. The van der Waals surface area contributed by atoms with Gasteiger partial charge in [-0.1, -0.05) is 49.4 Å². The molecule has 0 amide bonds. The molecule has 1 aromatic carbocycles. The van der Waals surface area contributed by atoms with E-state index in [9.17, 15) is 5.11 Å². The van der Waals surface area contributed by atoms with Crippen molar-refractivity contribution >= 4 is 0 Å². The van der Waals surface area contributed by atoms with E-state index < -0.39 is 11.6 Å². The second-order valence-electron chi connectivity index (χ2n) is 4.69. The first kappa shape index (κ1) is 14.9. The number of aliphatic hydroxyl groups is 1. The summed E-state index contributed by atoms with van der Waals surface area (Å²) in [6, 6.07) is 10.0. The molecule has 0 unspecified atom stereocenters. The number of hydrogen-bond acceptors (Lipinski definition) is 3. The highest BCUT2D eigenvalue weighted by molar-refractivity contribution is 5.13. The standard InChI is InChI=1S/C15H23NO2/c1-3-14(17)15(2,16)10-7-11-18-12-13-8-5-4-6-9-13/h4-10,14,17H,3,11-12,16H2,1-2H3/b10-7+/t14-,15+/m0/s1. The third-order valence-electron chi connectivity index (χ3n) is 2.91. The van der Waals surface area contributed by atoms with Crippen LogP contribution in [0.4, 0.5) is 0 Å². The Bertz CT molecular complexity index is 360. The van der Waals surface area contributed by atoms with Crippen LogP contribution < -0.4 is 5.73 Å². The minimum absolute atomic E-state index is 0.498. The van der Waals surface area contributed by atoms with Crippen molar-refractivity contribution in [1.82, 2.24) is 0 Å². The molecule has 0 aromatic heterocycles. The molecule has 2 atom stereocenters. The van der Waals surface area contributed by atoms with Gasteiger partial charge in [-0.05, 0) is 18.9 Å². The first-order chi connectivity index (χ1) is 8.56. The number of benzene rings is 1. The molecule has 0 saturated heterocycles. The van der Waals surface area contributed by atoms with Crippen molar-refractivity contribution in [3.63, 3.8) is 0 Å². The predicted octanol–water partition coefficient (Wildman–Crippen LogP) is 2.25. The second kappa shape index (κ2) is 7.31. The van der Waals surface area contributed by atoms with Crippen molar-refractivity contribution in [2.75, 3.05) is 6.61 Å². The third-order valence-corrected chi connectivity index (χ3v) is 2.91. The highest BCUT2D eigenvalue weighted by atomic mass is 16.5. The fourth-order valence-electron chi connectivity index (χ4n) is 1.67. The molecule has 0 spiro atoms. The zero-order valence-electron chi connectivity index (χ0n) is 11.2. The topological polar surface area (TPSA) is 55.5 Å². The highest BCUT2D eigenvalue weighted by Gasteiger charge is 2.23. The normalized spacial score (nSPS) is 16.7. The minimum atomic E-state index is -0.690. The lowest BCUT2D eigenvalue weighted by atomic mass is 9.94. The van der Waals surface area contributed by atoms with Crippen LogP contribution >= 0.6 is 0 Å². The zero-order chi connectivity index (χ0) is 13.4. The Balaban J connectivity index is 2.29. The predicted molar refractivity (Wildman–Crippen MR) is 74.1 cm³/mol. The van der Waals surface area contributed by atoms with Crippen LogP contribution in [-0.4, -0.2) is 23.4 Å². The van der Waals surface area contributed by atoms with E-state index in [0.29, 0.717) is 19.6 Å². The summed E-state index contributed by atoms with van der Waals surface area (Å²) in [5.74, 6) is 0. The Labute approximate surface area is 109 Å². The summed E-state index contributed by atoms with van der Waals surface area (Å²) in [5, 5.41) is 9.70. The van der Waals surface area contributed by atoms with E-state index in [1.807, 2.05) is 56.3 Å². The van der Waals surface area contributed by atoms with Crippen LogP contribution in [0, 0.1) is 0 Å². The smallest absolute Gasteiger partial charge is 0.0750 e. The molecular weight excluding hydrogens is 226 g/mol. The first-order valence-corrected chi connectivity index (χ1v) is 6.32. The Morgan fingerprint density at radius 2 is 2.06 bits per heavy atom. The quantitative estimate of drug-likeness (QED) is 0.575. The molecule has 3 heteroatoms. The number of rotatable bonds is 7. The Hall–Kier alpha value is -1.16. The summed E-state index contributed by atoms with van der Waals surface area (Å²) in [5.41, 5.74) is 6.43. The van der Waals surface area contributed by atoms with Gasteiger partial charge in [-0.2, -0.15) is 0 Å². The summed E-state index contributed by atoms with van der Waals surface area (Å²) < 4.78 is 5.50. The second-order valence-corrected chi connectivity index (χ2v) is 4.69. The van der Waals surface area contributed by atoms with E-state index in [4.69, 9.17) is 10.5 Å². The molecule has 100 valence electrons. The SMILES string of the molecule is CC[C@H](O)[C@](C)(N)/C=C/COCc1ccccc1. The largest absolute Gasteiger partial charge is 0.391 e. The highest BCUT2D eigenvalue weighted by Crippen LogP contribution is 2.11. The molecule has 1 rings (SSSR count). The van der Waals surface area contributed by atoms with Crippen molar-refractivity contribution in [2.45, 2.75) is 38.5 Å². The summed E-state index contributed by atoms with van der Waals surface area (Å²) >= 11 is 0. The first-order valence-electron chi connectivity index (χ1n) is 6.32. The van der Waals surface area contributed by atoms with Crippen LogP contribution in [0.5, 0.6) is 0 Å². The van der Waals surface area contributed by atoms with Gasteiger partial charge in [0.25, 0.3) is 0 Å². The average molecular weight is 249 g/mol. The molecular formula is C15H23NO2. The summed E-state index contributed by atoms with van der Waals surface area (Å²) in [4.78, 5) is 0. The maximum absolute atomic E-state index is 9.70. The van der Waals surface area contributed by atoms with Gasteiger partial charge in [-0.3, -0.25) is 0 Å². The van der Waals surface area contributed by atoms with Crippen LogP contribution in [0.25, 0.3) is 0 Å². The van der Waals surface area contributed by atoms with Crippen molar-refractivity contribution in [3.8, 4) is 0 Å². The molecule has 0 aliphatic heterocycles.